The number of thioether (sulfide) groups is 1. The molecule has 0 spiro atoms. The zero-order valence-electron chi connectivity index (χ0n) is 16.4. The van der Waals surface area contributed by atoms with Gasteiger partial charge in [0.15, 0.2) is 10.8 Å². The van der Waals surface area contributed by atoms with Crippen LogP contribution in [0.15, 0.2) is 70.7 Å². The third kappa shape index (κ3) is 4.67. The number of aromatic amines is 1. The molecule has 0 saturated heterocycles. The molecule has 0 fully saturated rings. The van der Waals surface area contributed by atoms with Crippen LogP contribution in [0.5, 0.6) is 0 Å². The zero-order valence-corrected chi connectivity index (χ0v) is 17.2. The van der Waals surface area contributed by atoms with Crippen molar-refractivity contribution in [1.29, 1.82) is 0 Å². The normalized spacial score (nSPS) is 11.6. The second-order valence-electron chi connectivity index (χ2n) is 6.77. The summed E-state index contributed by atoms with van der Waals surface area (Å²) in [5.41, 5.74) is -0.386. The summed E-state index contributed by atoms with van der Waals surface area (Å²) in [4.78, 5) is 29.6. The maximum Gasteiger partial charge on any atom is 0.416 e. The van der Waals surface area contributed by atoms with Gasteiger partial charge >= 0.3 is 6.18 Å². The van der Waals surface area contributed by atoms with Crippen molar-refractivity contribution in [3.05, 3.63) is 82.3 Å². The van der Waals surface area contributed by atoms with Gasteiger partial charge in [-0.2, -0.15) is 18.3 Å². The summed E-state index contributed by atoms with van der Waals surface area (Å²) < 4.78 is 40.6. The predicted octanol–water partition coefficient (Wildman–Crippen LogP) is 3.54. The number of fused-ring (bicyclic) bond motifs is 1. The number of amides is 1. The molecule has 0 aliphatic heterocycles. The van der Waals surface area contributed by atoms with Crippen LogP contribution < -0.4 is 10.9 Å². The third-order valence-electron chi connectivity index (χ3n) is 4.55. The first-order chi connectivity index (χ1) is 15.3. The van der Waals surface area contributed by atoms with Crippen molar-refractivity contribution in [2.45, 2.75) is 17.9 Å². The number of hydrogen-bond acceptors (Lipinski definition) is 5. The minimum absolute atomic E-state index is 0.00683. The van der Waals surface area contributed by atoms with Crippen LogP contribution in [0.3, 0.4) is 0 Å². The minimum atomic E-state index is -4.57. The molecule has 7 nitrogen and oxygen atoms in total. The van der Waals surface area contributed by atoms with Gasteiger partial charge in [-0.25, -0.2) is 4.98 Å². The van der Waals surface area contributed by atoms with E-state index in [9.17, 15) is 22.8 Å². The number of H-pyrrole nitrogens is 1. The van der Waals surface area contributed by atoms with E-state index in [4.69, 9.17) is 0 Å². The lowest BCUT2D eigenvalue weighted by atomic mass is 10.2. The molecular formula is C21H16F3N5O2S. The third-order valence-corrected chi connectivity index (χ3v) is 5.49. The Morgan fingerprint density at radius 1 is 1.12 bits per heavy atom. The van der Waals surface area contributed by atoms with Crippen LogP contribution in [0.1, 0.15) is 11.1 Å². The highest BCUT2D eigenvalue weighted by Gasteiger charge is 2.31. The molecule has 0 radical (unpaired) electrons. The highest BCUT2D eigenvalue weighted by atomic mass is 32.2. The molecule has 0 aliphatic carbocycles. The van der Waals surface area contributed by atoms with Gasteiger partial charge in [-0.05, 0) is 23.8 Å². The second kappa shape index (κ2) is 8.87. The van der Waals surface area contributed by atoms with E-state index < -0.39 is 17.3 Å². The van der Waals surface area contributed by atoms with Gasteiger partial charge in [-0.3, -0.25) is 19.3 Å². The molecule has 11 heteroatoms. The number of benzene rings is 2. The Balaban J connectivity index is 1.63. The quantitative estimate of drug-likeness (QED) is 0.340. The number of carbonyl (C=O) groups is 1. The maximum absolute atomic E-state index is 13.2. The lowest BCUT2D eigenvalue weighted by Crippen LogP contribution is -2.26. The number of nitrogens with zero attached hydrogens (tertiary/aromatic N) is 3. The standard InChI is InChI=1S/C21H16F3N5O2S/c22-21(23,24)14-7-4-8-15(9-14)29-19(31)16-11-26-28-18(16)27-20(29)32-12-17(30)25-10-13-5-2-1-3-6-13/h1-9,11H,10,12H2,(H,25,30)(H,26,28). The van der Waals surface area contributed by atoms with Crippen molar-refractivity contribution in [1.82, 2.24) is 25.1 Å². The Hall–Kier alpha value is -3.60. The van der Waals surface area contributed by atoms with Crippen LogP contribution in [0.2, 0.25) is 0 Å². The van der Waals surface area contributed by atoms with Gasteiger partial charge in [-0.1, -0.05) is 48.2 Å². The molecule has 1 amide bonds. The fourth-order valence-electron chi connectivity index (χ4n) is 3.00. The summed E-state index contributed by atoms with van der Waals surface area (Å²) in [6.45, 7) is 0.327. The predicted molar refractivity (Wildman–Crippen MR) is 114 cm³/mol. The van der Waals surface area contributed by atoms with Crippen molar-refractivity contribution >= 4 is 28.7 Å². The number of nitrogens with one attached hydrogen (secondary N) is 2. The largest absolute Gasteiger partial charge is 0.416 e. The number of halogens is 3. The Labute approximate surface area is 183 Å². The Bertz CT molecular complexity index is 1320. The van der Waals surface area contributed by atoms with Gasteiger partial charge < -0.3 is 5.32 Å². The van der Waals surface area contributed by atoms with Gasteiger partial charge in [0.2, 0.25) is 5.91 Å². The van der Waals surface area contributed by atoms with Gasteiger partial charge in [0.1, 0.15) is 5.39 Å². The fraction of sp³-hybridized carbons (Fsp3) is 0.143. The summed E-state index contributed by atoms with van der Waals surface area (Å²) in [5.74, 6) is -0.397. The van der Waals surface area contributed by atoms with Crippen LogP contribution in [-0.2, 0) is 17.5 Å². The van der Waals surface area contributed by atoms with Gasteiger partial charge in [0, 0.05) is 6.54 Å². The van der Waals surface area contributed by atoms with Crippen LogP contribution in [-0.4, -0.2) is 31.4 Å². The highest BCUT2D eigenvalue weighted by molar-refractivity contribution is 7.99. The van der Waals surface area contributed by atoms with E-state index in [-0.39, 0.29) is 33.5 Å². The molecular weight excluding hydrogens is 443 g/mol. The van der Waals surface area contributed by atoms with E-state index in [0.29, 0.717) is 6.54 Å². The average Bonchev–Trinajstić information content (AvgIpc) is 3.25. The topological polar surface area (TPSA) is 92.7 Å². The number of carbonyl (C=O) groups excluding carboxylic acids is 1. The fourth-order valence-corrected chi connectivity index (χ4v) is 3.83. The van der Waals surface area contributed by atoms with Crippen molar-refractivity contribution in [2.24, 2.45) is 0 Å². The van der Waals surface area contributed by atoms with E-state index in [1.807, 2.05) is 30.3 Å². The smallest absolute Gasteiger partial charge is 0.351 e. The highest BCUT2D eigenvalue weighted by Crippen LogP contribution is 2.31. The molecule has 2 heterocycles. The molecule has 32 heavy (non-hydrogen) atoms. The molecule has 0 atom stereocenters. The van der Waals surface area contributed by atoms with Gasteiger partial charge in [0.25, 0.3) is 5.56 Å². The molecule has 0 aliphatic rings. The monoisotopic (exact) mass is 459 g/mol. The number of rotatable bonds is 6. The van der Waals surface area contributed by atoms with E-state index in [1.165, 1.54) is 18.3 Å². The summed E-state index contributed by atoms with van der Waals surface area (Å²) in [7, 11) is 0. The maximum atomic E-state index is 13.2. The lowest BCUT2D eigenvalue weighted by Gasteiger charge is -2.14. The Morgan fingerprint density at radius 2 is 1.91 bits per heavy atom. The summed E-state index contributed by atoms with van der Waals surface area (Å²) in [5, 5.41) is 9.32. The first-order valence-electron chi connectivity index (χ1n) is 9.40. The Morgan fingerprint density at radius 3 is 2.66 bits per heavy atom. The summed E-state index contributed by atoms with van der Waals surface area (Å²) in [6, 6.07) is 13.7. The van der Waals surface area contributed by atoms with E-state index in [2.05, 4.69) is 20.5 Å². The molecule has 4 aromatic rings. The van der Waals surface area contributed by atoms with E-state index in [0.717, 1.165) is 34.0 Å². The molecule has 0 bridgehead atoms. The first-order valence-corrected chi connectivity index (χ1v) is 10.4. The van der Waals surface area contributed by atoms with E-state index >= 15 is 0 Å². The summed E-state index contributed by atoms with van der Waals surface area (Å²) >= 11 is 0.942. The van der Waals surface area contributed by atoms with Gasteiger partial charge in [-0.15, -0.1) is 0 Å². The summed E-state index contributed by atoms with van der Waals surface area (Å²) in [6.07, 6.45) is -3.31. The van der Waals surface area contributed by atoms with Crippen molar-refractivity contribution in [3.63, 3.8) is 0 Å². The van der Waals surface area contributed by atoms with Crippen LogP contribution in [0, 0.1) is 0 Å². The average molecular weight is 459 g/mol. The minimum Gasteiger partial charge on any atom is -0.351 e. The van der Waals surface area contributed by atoms with Crippen LogP contribution >= 0.6 is 11.8 Å². The molecule has 0 unspecified atom stereocenters. The molecule has 4 rings (SSSR count). The van der Waals surface area contributed by atoms with E-state index in [1.54, 1.807) is 0 Å². The molecule has 0 saturated carbocycles. The van der Waals surface area contributed by atoms with Crippen molar-refractivity contribution < 1.29 is 18.0 Å². The van der Waals surface area contributed by atoms with Gasteiger partial charge in [0.05, 0.1) is 23.2 Å². The first kappa shape index (κ1) is 21.6. The second-order valence-corrected chi connectivity index (χ2v) is 7.71. The van der Waals surface area contributed by atoms with Crippen LogP contribution in [0.4, 0.5) is 13.2 Å². The molecule has 164 valence electrons. The number of hydrogen-bond donors (Lipinski definition) is 2. The van der Waals surface area contributed by atoms with Crippen molar-refractivity contribution in [3.8, 4) is 5.69 Å². The lowest BCUT2D eigenvalue weighted by molar-refractivity contribution is -0.137. The number of alkyl halides is 3. The van der Waals surface area contributed by atoms with Crippen LogP contribution in [0.25, 0.3) is 16.7 Å². The zero-order chi connectivity index (χ0) is 22.7. The molecule has 2 aromatic carbocycles. The molecule has 2 aromatic heterocycles. The van der Waals surface area contributed by atoms with Crippen molar-refractivity contribution in [2.75, 3.05) is 5.75 Å². The number of aromatic nitrogens is 4. The Kier molecular flexibility index (Phi) is 5.99. The molecule has 2 N–H and O–H groups in total. The SMILES string of the molecule is O=C(CSc1nc2[nH]ncc2c(=O)n1-c1cccc(C(F)(F)F)c1)NCc1ccccc1.